The van der Waals surface area contributed by atoms with E-state index in [2.05, 4.69) is 6.07 Å². The van der Waals surface area contributed by atoms with Crippen molar-refractivity contribution in [2.75, 3.05) is 0 Å². The zero-order valence-corrected chi connectivity index (χ0v) is 12.4. The van der Waals surface area contributed by atoms with Gasteiger partial charge in [-0.05, 0) is 44.9 Å². The van der Waals surface area contributed by atoms with Crippen LogP contribution in [0.3, 0.4) is 0 Å². The molecule has 0 fully saturated rings. The molecule has 0 amide bonds. The minimum atomic E-state index is -0.475. The molecule has 0 aromatic heterocycles. The van der Waals surface area contributed by atoms with Gasteiger partial charge in [0.15, 0.2) is 0 Å². The Morgan fingerprint density at radius 1 is 1.10 bits per heavy atom. The SMILES string of the molecule is CCC(C)OC(=O)c1[c]ccc(C(=O)OC(C)CC)c1. The number of carbonyl (C=O) groups is 2. The normalized spacial score (nSPS) is 13.4. The number of rotatable bonds is 6. The van der Waals surface area contributed by atoms with E-state index in [1.54, 1.807) is 6.07 Å². The van der Waals surface area contributed by atoms with Crippen LogP contribution in [-0.4, -0.2) is 24.1 Å². The van der Waals surface area contributed by atoms with Crippen molar-refractivity contribution < 1.29 is 19.1 Å². The predicted molar refractivity (Wildman–Crippen MR) is 75.6 cm³/mol. The average Bonchev–Trinajstić information content (AvgIpc) is 2.46. The largest absolute Gasteiger partial charge is 0.459 e. The Bertz CT molecular complexity index is 428. The number of carbonyl (C=O) groups excluding carboxylic acids is 2. The Labute approximate surface area is 120 Å². The molecular formula is C16H21O4. The molecule has 0 bridgehead atoms. The molecule has 4 nitrogen and oxygen atoms in total. The summed E-state index contributed by atoms with van der Waals surface area (Å²) in [5, 5.41) is 0. The molecule has 0 aliphatic rings. The fraction of sp³-hybridized carbons (Fsp3) is 0.500. The Hall–Kier alpha value is -1.84. The van der Waals surface area contributed by atoms with Gasteiger partial charge in [-0.3, -0.25) is 0 Å². The van der Waals surface area contributed by atoms with Gasteiger partial charge in [0.05, 0.1) is 23.3 Å². The molecule has 2 atom stereocenters. The molecule has 1 aromatic carbocycles. The van der Waals surface area contributed by atoms with E-state index in [9.17, 15) is 9.59 Å². The van der Waals surface area contributed by atoms with E-state index < -0.39 is 11.9 Å². The van der Waals surface area contributed by atoms with E-state index in [1.165, 1.54) is 12.1 Å². The molecule has 1 aromatic rings. The van der Waals surface area contributed by atoms with Crippen LogP contribution in [0.5, 0.6) is 0 Å². The van der Waals surface area contributed by atoms with Crippen LogP contribution < -0.4 is 0 Å². The van der Waals surface area contributed by atoms with Crippen LogP contribution in [0.15, 0.2) is 18.2 Å². The Balaban J connectivity index is 2.80. The topological polar surface area (TPSA) is 52.6 Å². The summed E-state index contributed by atoms with van der Waals surface area (Å²) < 4.78 is 10.4. The molecule has 0 aliphatic heterocycles. The van der Waals surface area contributed by atoms with E-state index in [-0.39, 0.29) is 17.8 Å². The Morgan fingerprint density at radius 2 is 1.65 bits per heavy atom. The second kappa shape index (κ2) is 7.68. The maximum atomic E-state index is 11.9. The van der Waals surface area contributed by atoms with Gasteiger partial charge in [0, 0.05) is 0 Å². The van der Waals surface area contributed by atoms with Crippen molar-refractivity contribution in [1.82, 2.24) is 0 Å². The molecule has 0 N–H and O–H groups in total. The number of ether oxygens (including phenoxy) is 2. The van der Waals surface area contributed by atoms with E-state index in [1.807, 2.05) is 27.7 Å². The van der Waals surface area contributed by atoms with Crippen LogP contribution in [0.2, 0.25) is 0 Å². The highest BCUT2D eigenvalue weighted by Crippen LogP contribution is 2.11. The van der Waals surface area contributed by atoms with Crippen LogP contribution in [-0.2, 0) is 9.47 Å². The smallest absolute Gasteiger partial charge is 0.339 e. The molecule has 1 radical (unpaired) electrons. The van der Waals surface area contributed by atoms with Gasteiger partial charge in [0.2, 0.25) is 0 Å². The lowest BCUT2D eigenvalue weighted by molar-refractivity contribution is 0.0333. The van der Waals surface area contributed by atoms with Crippen molar-refractivity contribution in [2.45, 2.75) is 52.7 Å². The molecule has 0 heterocycles. The van der Waals surface area contributed by atoms with Crippen LogP contribution in [0.1, 0.15) is 61.3 Å². The number of benzene rings is 1. The van der Waals surface area contributed by atoms with E-state index in [0.29, 0.717) is 5.56 Å². The summed E-state index contributed by atoms with van der Waals surface area (Å²) in [4.78, 5) is 23.7. The minimum Gasteiger partial charge on any atom is -0.459 e. The summed E-state index contributed by atoms with van der Waals surface area (Å²) in [6.07, 6.45) is 1.17. The van der Waals surface area contributed by atoms with Crippen molar-refractivity contribution in [3.05, 3.63) is 35.4 Å². The molecule has 109 valence electrons. The fourth-order valence-corrected chi connectivity index (χ4v) is 1.37. The lowest BCUT2D eigenvalue weighted by Crippen LogP contribution is -2.16. The molecule has 1 rings (SSSR count). The molecular weight excluding hydrogens is 256 g/mol. The molecule has 0 aliphatic carbocycles. The highest BCUT2D eigenvalue weighted by atomic mass is 16.5. The standard InChI is InChI=1S/C16H21O4/c1-5-11(3)19-15(17)13-8-7-9-14(10-13)16(18)20-12(4)6-2/h7-8,10-12H,5-6H2,1-4H3. The number of hydrogen-bond donors (Lipinski definition) is 0. The fourth-order valence-electron chi connectivity index (χ4n) is 1.37. The zero-order chi connectivity index (χ0) is 15.1. The third-order valence-corrected chi connectivity index (χ3v) is 3.02. The van der Waals surface area contributed by atoms with Crippen LogP contribution in [0.25, 0.3) is 0 Å². The monoisotopic (exact) mass is 277 g/mol. The van der Waals surface area contributed by atoms with E-state index >= 15 is 0 Å². The summed E-state index contributed by atoms with van der Waals surface area (Å²) in [7, 11) is 0. The van der Waals surface area contributed by atoms with Gasteiger partial charge in [-0.1, -0.05) is 19.9 Å². The summed E-state index contributed by atoms with van der Waals surface area (Å²) in [6, 6.07) is 7.33. The molecule has 2 unspecified atom stereocenters. The third-order valence-electron chi connectivity index (χ3n) is 3.02. The quantitative estimate of drug-likeness (QED) is 0.748. The van der Waals surface area contributed by atoms with Gasteiger partial charge in [0.25, 0.3) is 0 Å². The van der Waals surface area contributed by atoms with Gasteiger partial charge in [-0.15, -0.1) is 0 Å². The number of esters is 2. The van der Waals surface area contributed by atoms with Gasteiger partial charge in [0.1, 0.15) is 0 Å². The van der Waals surface area contributed by atoms with Crippen molar-refractivity contribution in [1.29, 1.82) is 0 Å². The second-order valence-electron chi connectivity index (χ2n) is 4.74. The average molecular weight is 277 g/mol. The molecule has 0 saturated carbocycles. The summed E-state index contributed by atoms with van der Waals surface area (Å²) in [5.74, 6) is -0.913. The molecule has 20 heavy (non-hydrogen) atoms. The Kier molecular flexibility index (Phi) is 6.22. The first-order chi connectivity index (χ1) is 9.47. The van der Waals surface area contributed by atoms with Crippen LogP contribution in [0.4, 0.5) is 0 Å². The molecule has 0 saturated heterocycles. The lowest BCUT2D eigenvalue weighted by atomic mass is 10.1. The van der Waals surface area contributed by atoms with Crippen LogP contribution in [0, 0.1) is 6.07 Å². The maximum absolute atomic E-state index is 11.9. The lowest BCUT2D eigenvalue weighted by Gasteiger charge is -2.12. The summed E-state index contributed by atoms with van der Waals surface area (Å²) >= 11 is 0. The first-order valence-corrected chi connectivity index (χ1v) is 6.91. The number of hydrogen-bond acceptors (Lipinski definition) is 4. The van der Waals surface area contributed by atoms with Gasteiger partial charge < -0.3 is 9.47 Å². The first kappa shape index (κ1) is 16.2. The summed E-state index contributed by atoms with van der Waals surface area (Å²) in [6.45, 7) is 7.51. The van der Waals surface area contributed by atoms with Crippen molar-refractivity contribution in [3.8, 4) is 0 Å². The van der Waals surface area contributed by atoms with Crippen molar-refractivity contribution >= 4 is 11.9 Å². The van der Waals surface area contributed by atoms with E-state index in [4.69, 9.17) is 9.47 Å². The second-order valence-corrected chi connectivity index (χ2v) is 4.74. The van der Waals surface area contributed by atoms with Gasteiger partial charge in [-0.2, -0.15) is 0 Å². The molecule has 0 spiro atoms. The van der Waals surface area contributed by atoms with Gasteiger partial charge in [-0.25, -0.2) is 9.59 Å². The highest BCUT2D eigenvalue weighted by Gasteiger charge is 2.15. The first-order valence-electron chi connectivity index (χ1n) is 6.91. The summed E-state index contributed by atoms with van der Waals surface area (Å²) in [5.41, 5.74) is 0.573. The minimum absolute atomic E-state index is 0.151. The highest BCUT2D eigenvalue weighted by molar-refractivity contribution is 5.95. The van der Waals surface area contributed by atoms with E-state index in [0.717, 1.165) is 12.8 Å². The van der Waals surface area contributed by atoms with Gasteiger partial charge >= 0.3 is 11.9 Å². The molecule has 4 heteroatoms. The Morgan fingerprint density at radius 3 is 2.20 bits per heavy atom. The van der Waals surface area contributed by atoms with Crippen molar-refractivity contribution in [3.63, 3.8) is 0 Å². The van der Waals surface area contributed by atoms with Crippen LogP contribution >= 0.6 is 0 Å². The predicted octanol–water partition coefficient (Wildman–Crippen LogP) is 3.40. The third kappa shape index (κ3) is 4.68. The maximum Gasteiger partial charge on any atom is 0.339 e. The van der Waals surface area contributed by atoms with Crippen molar-refractivity contribution in [2.24, 2.45) is 0 Å². The zero-order valence-electron chi connectivity index (χ0n) is 12.4.